The maximum Gasteiger partial charge on any atom is 1.00 e. The maximum atomic E-state index is 12.9. The van der Waals surface area contributed by atoms with Gasteiger partial charge in [0.05, 0.1) is 46.8 Å². The topological polar surface area (TPSA) is 434 Å². The van der Waals surface area contributed by atoms with Gasteiger partial charge in [-0.15, -0.1) is 34.0 Å². The molecule has 10 rings (SSSR count). The Balaban J connectivity index is 0.000000185. The van der Waals surface area contributed by atoms with Crippen molar-refractivity contribution in [1.82, 2.24) is 39.4 Å². The molecule has 1 amide bonds. The van der Waals surface area contributed by atoms with Gasteiger partial charge in [0.15, 0.2) is 47.8 Å². The summed E-state index contributed by atoms with van der Waals surface area (Å²) in [6.45, 7) is 0. The molecular formula is C47H48N13NaO14S8. The average molecular weight is 1300 g/mol. The van der Waals surface area contributed by atoms with Crippen LogP contribution in [0.1, 0.15) is 11.4 Å². The number of hydrogen-bond donors (Lipinski definition) is 9. The van der Waals surface area contributed by atoms with Crippen LogP contribution in [0, 0.1) is 11.8 Å². The van der Waals surface area contributed by atoms with E-state index >= 15 is 0 Å². The van der Waals surface area contributed by atoms with Crippen molar-refractivity contribution in [1.29, 1.82) is 0 Å². The number of hydrogen-bond acceptors (Lipinski definition) is 31. The van der Waals surface area contributed by atoms with E-state index in [1.165, 1.54) is 81.9 Å². The second-order valence-corrected chi connectivity index (χ2v) is 26.0. The molecule has 5 aromatic heterocycles. The Morgan fingerprint density at radius 1 is 0.783 bits per heavy atom. The molecule has 4 aliphatic rings. The van der Waals surface area contributed by atoms with Crippen LogP contribution in [0.5, 0.6) is 11.5 Å². The number of thiazole rings is 3. The number of fused-ring (bicyclic) bond motifs is 3. The third-order valence-corrected chi connectivity index (χ3v) is 21.2. The molecule has 0 radical (unpaired) electrons. The number of nitrogens with two attached hydrogens (primary N) is 3. The van der Waals surface area contributed by atoms with Crippen molar-refractivity contribution >= 4 is 148 Å². The monoisotopic (exact) mass is 1300 g/mol. The Morgan fingerprint density at radius 3 is 1.82 bits per heavy atom. The summed E-state index contributed by atoms with van der Waals surface area (Å²) in [5.74, 6) is -3.89. The number of carboxylic acids is 2. The number of carboxylic acid groups (broad SMARTS) is 2. The van der Waals surface area contributed by atoms with Crippen LogP contribution in [-0.2, 0) is 42.9 Å². The van der Waals surface area contributed by atoms with Gasteiger partial charge in [-0.2, -0.15) is 33.5 Å². The number of oxime groups is 2. The van der Waals surface area contributed by atoms with Crippen LogP contribution in [0.25, 0.3) is 10.2 Å². The zero-order valence-corrected chi connectivity index (χ0v) is 52.5. The quantitative estimate of drug-likeness (QED) is 0.0162. The largest absolute Gasteiger partial charge is 1.00 e. The first-order valence-electron chi connectivity index (χ1n) is 23.7. The van der Waals surface area contributed by atoms with Gasteiger partial charge in [0.2, 0.25) is 5.12 Å². The summed E-state index contributed by atoms with van der Waals surface area (Å²) in [6.07, 6.45) is 0.469. The first-order valence-corrected chi connectivity index (χ1v) is 31.1. The number of para-hydroxylation sites is 1. The van der Waals surface area contributed by atoms with E-state index in [1.807, 2.05) is 24.3 Å². The molecule has 0 bridgehead atoms. The number of aliphatic hydroxyl groups excluding tert-OH is 2. The number of nitrogens with one attached hydrogen (secondary N) is 1. The van der Waals surface area contributed by atoms with Crippen molar-refractivity contribution in [3.8, 4) is 11.5 Å². The fraction of sp³-hybridized carbons (Fsp3) is 0.340. The third-order valence-electron chi connectivity index (χ3n) is 12.6. The number of aromatic nitrogens is 7. The number of aliphatic hydroxyl groups is 2. The molecule has 6 unspecified atom stereocenters. The Bertz CT molecular complexity index is 3670. The Morgan fingerprint density at radius 2 is 1.30 bits per heavy atom. The second-order valence-electron chi connectivity index (χ2n) is 17.7. The van der Waals surface area contributed by atoms with E-state index in [2.05, 4.69) is 40.5 Å². The molecule has 12 N–H and O–H groups in total. The van der Waals surface area contributed by atoms with E-state index < -0.39 is 81.8 Å². The van der Waals surface area contributed by atoms with Gasteiger partial charge in [0.25, 0.3) is 5.91 Å². The number of nitrogen functional groups attached to an aromatic ring is 2. The Kier molecular flexibility index (Phi) is 22.4. The molecule has 7 heterocycles. The maximum absolute atomic E-state index is 12.9. The Hall–Kier alpha value is -5.54. The molecule has 27 nitrogen and oxygen atoms in total. The van der Waals surface area contributed by atoms with Gasteiger partial charge < -0.3 is 76.8 Å². The number of nitrogens with zero attached hydrogens (tertiary/aromatic N) is 9. The number of aliphatic carboxylic acids is 2. The molecule has 83 heavy (non-hydrogen) atoms. The van der Waals surface area contributed by atoms with Crippen LogP contribution < -0.4 is 68.3 Å². The summed E-state index contributed by atoms with van der Waals surface area (Å²) < 4.78 is 4.65. The summed E-state index contributed by atoms with van der Waals surface area (Å²) >= 11 is 10.1. The molecular weight excluding hydrogens is 1250 g/mol. The third kappa shape index (κ3) is 14.8. The number of carbonyl (C=O) groups is 4. The van der Waals surface area contributed by atoms with Crippen molar-refractivity contribution in [2.45, 2.75) is 49.4 Å². The number of aryl methyl sites for hydroxylation is 2. The number of aromatic hydroxyl groups is 2. The zero-order chi connectivity index (χ0) is 59.3. The molecule has 0 saturated heterocycles. The number of anilines is 2. The van der Waals surface area contributed by atoms with Crippen LogP contribution in [0.15, 0.2) is 104 Å². The fourth-order valence-corrected chi connectivity index (χ4v) is 17.0. The van der Waals surface area contributed by atoms with Gasteiger partial charge in [0, 0.05) is 81.8 Å². The van der Waals surface area contributed by atoms with Crippen molar-refractivity contribution in [3.63, 3.8) is 0 Å². The van der Waals surface area contributed by atoms with E-state index in [9.17, 15) is 59.4 Å². The van der Waals surface area contributed by atoms with E-state index in [-0.39, 0.29) is 79.1 Å². The van der Waals surface area contributed by atoms with Gasteiger partial charge in [0.1, 0.15) is 25.6 Å². The normalized spacial score (nSPS) is 21.8. The van der Waals surface area contributed by atoms with Gasteiger partial charge in [-0.1, -0.05) is 46.0 Å². The molecule has 1 aromatic carbocycles. The number of amides is 1. The van der Waals surface area contributed by atoms with E-state index in [1.54, 1.807) is 36.6 Å². The summed E-state index contributed by atoms with van der Waals surface area (Å²) in [6, 6.07) is 6.58. The first-order chi connectivity index (χ1) is 39.1. The van der Waals surface area contributed by atoms with Gasteiger partial charge in [-0.05, 0) is 40.6 Å². The van der Waals surface area contributed by atoms with Crippen LogP contribution in [0.2, 0.25) is 0 Å². The van der Waals surface area contributed by atoms with E-state index in [0.717, 1.165) is 45.1 Å². The number of thioether (sulfide) groups is 5. The summed E-state index contributed by atoms with van der Waals surface area (Å²) in [5, 5.41) is 75.2. The molecule has 36 heteroatoms. The molecule has 6 aromatic rings. The Labute approximate surface area is 525 Å². The minimum Gasteiger partial charge on any atom is -0.545 e. The van der Waals surface area contributed by atoms with Gasteiger partial charge >= 0.3 is 46.6 Å². The molecule has 2 aliphatic heterocycles. The molecule has 2 fully saturated rings. The van der Waals surface area contributed by atoms with Crippen LogP contribution in [0.4, 0.5) is 10.3 Å². The second kappa shape index (κ2) is 28.6. The smallest absolute Gasteiger partial charge is 0.545 e. The predicted octanol–water partition coefficient (Wildman–Crippen LogP) is -2.29. The standard InChI is InChI=1S/C20H22N6O7S3.C14H17N3O5S2.C13H10N4O2S3.Na/c1-26-3-9(27)16(29)24-20(26)36-5-7-4-34-15-11(10(7)18(31)32)14(28)13(15)23-17(30)12(25-33-2)8-6-35-19(21)22-8;1-17-2-6(18)12(20)16-14(17)24-4-5-3-23-11-8(7(5)13(21)22)10(19)9(11)15;1-19-17-10(8-6-20-12(14)15-8)11(18)22-13-16-7-4-2-3-5-9(7)21-13;/h3,6,11,13-15,27-28H,4-5H2,1-2H3,(H2,21,22)(H,23,30)(H,31,32);2,8-11,18-19H,3-4,15H2,1H3,(H,21,22);2-6H,1H3,(H2,14,15);/q;;;+1/p-1/b25-12-;;17-10-;/t11?,13-,14?,15+;;;/m1.../s1. The number of carbonyl (C=O) groups excluding carboxylic acids is 3. The van der Waals surface area contributed by atoms with Crippen molar-refractivity contribution in [3.05, 3.63) is 102 Å². The average Bonchev–Trinajstić information content (AvgIpc) is 2.95. The molecule has 434 valence electrons. The van der Waals surface area contributed by atoms with Crippen LogP contribution in [-0.4, -0.2) is 166 Å². The van der Waals surface area contributed by atoms with Crippen molar-refractivity contribution in [2.24, 2.45) is 42.0 Å². The van der Waals surface area contributed by atoms with Gasteiger partial charge in [-0.25, -0.2) is 19.7 Å². The number of benzene rings is 1. The summed E-state index contributed by atoms with van der Waals surface area (Å²) in [7, 11) is 5.89. The van der Waals surface area contributed by atoms with E-state index in [4.69, 9.17) is 26.9 Å². The zero-order valence-electron chi connectivity index (χ0n) is 44.0. The molecule has 8 atom stereocenters. The fourth-order valence-electron chi connectivity index (χ4n) is 8.72. The number of rotatable bonds is 16. The van der Waals surface area contributed by atoms with Crippen molar-refractivity contribution in [2.75, 3.05) is 48.7 Å². The molecule has 2 saturated carbocycles. The minimum absolute atomic E-state index is 0. The summed E-state index contributed by atoms with van der Waals surface area (Å²) in [4.78, 5) is 102. The van der Waals surface area contributed by atoms with Crippen molar-refractivity contribution < 1.29 is 89.0 Å². The molecule has 2 aliphatic carbocycles. The van der Waals surface area contributed by atoms with Crippen LogP contribution >= 0.6 is 92.8 Å². The van der Waals surface area contributed by atoms with Gasteiger partial charge in [-0.3, -0.25) is 19.2 Å². The molecule has 0 spiro atoms. The predicted molar refractivity (Wildman–Crippen MR) is 312 cm³/mol. The van der Waals surface area contributed by atoms with Crippen LogP contribution in [0.3, 0.4) is 0 Å². The minimum atomic E-state index is -1.41. The first kappa shape index (κ1) is 65.0. The summed E-state index contributed by atoms with van der Waals surface area (Å²) in [5.41, 5.74) is 18.5. The SMILES string of the molecule is CO/N=C(\C(=O)N[C@@H]1C(O)C2C(C(=O)[O-])=C(CSc3nc(=O)c(O)cn3C)CS[C@@H]21)c1csc(N)n1.CO/N=C(\C(=O)Sc1nc2ccccc2s1)c1csc(N)n1.Cn1cc(O)c(=O)nc1SCC1=C(C(=O)O)C2C(O)C(N)C2SC1.[Na+]. The van der Waals surface area contributed by atoms with E-state index in [0.29, 0.717) is 53.9 Å².